The number of aliphatic imine (C=N–C) groups is 1. The van der Waals surface area contributed by atoms with E-state index in [-0.39, 0.29) is 0 Å². The highest BCUT2D eigenvalue weighted by atomic mass is 16.5. The van der Waals surface area contributed by atoms with Crippen molar-refractivity contribution in [3.63, 3.8) is 0 Å². The summed E-state index contributed by atoms with van der Waals surface area (Å²) in [5, 5.41) is 0. The van der Waals surface area contributed by atoms with Crippen LogP contribution in [0.5, 0.6) is 0 Å². The average molecular weight is 199 g/mol. The largest absolute Gasteiger partial charge is 0.378 e. The van der Waals surface area contributed by atoms with Gasteiger partial charge >= 0.3 is 0 Å². The lowest BCUT2D eigenvalue weighted by atomic mass is 10.1. The van der Waals surface area contributed by atoms with Crippen molar-refractivity contribution in [2.75, 3.05) is 13.2 Å². The summed E-state index contributed by atoms with van der Waals surface area (Å²) in [5.74, 6) is 6.28. The summed E-state index contributed by atoms with van der Waals surface area (Å²) in [5.41, 5.74) is 2.66. The number of rotatable bonds is 5. The van der Waals surface area contributed by atoms with Crippen molar-refractivity contribution >= 4 is 5.84 Å². The third-order valence-corrected chi connectivity index (χ3v) is 2.42. The zero-order chi connectivity index (χ0) is 10.2. The predicted molar refractivity (Wildman–Crippen MR) is 58.1 cm³/mol. The van der Waals surface area contributed by atoms with E-state index in [1.54, 1.807) is 0 Å². The maximum Gasteiger partial charge on any atom is 0.110 e. The number of hydrogen-bond donors (Lipinski definition) is 2. The van der Waals surface area contributed by atoms with Crippen molar-refractivity contribution < 1.29 is 4.74 Å². The van der Waals surface area contributed by atoms with Crippen molar-refractivity contribution in [1.29, 1.82) is 0 Å². The van der Waals surface area contributed by atoms with Crippen LogP contribution in [0.15, 0.2) is 4.99 Å². The Labute approximate surface area is 85.9 Å². The molecule has 0 aromatic rings. The van der Waals surface area contributed by atoms with E-state index in [4.69, 9.17) is 10.6 Å². The fraction of sp³-hybridized carbons (Fsp3) is 0.900. The van der Waals surface area contributed by atoms with Gasteiger partial charge in [0.1, 0.15) is 5.84 Å². The Kier molecular flexibility index (Phi) is 5.56. The molecule has 0 spiro atoms. The molecule has 0 aliphatic carbocycles. The van der Waals surface area contributed by atoms with Crippen LogP contribution in [0.4, 0.5) is 0 Å². The van der Waals surface area contributed by atoms with Gasteiger partial charge in [0.15, 0.2) is 0 Å². The van der Waals surface area contributed by atoms with Gasteiger partial charge in [-0.3, -0.25) is 4.99 Å². The van der Waals surface area contributed by atoms with Crippen LogP contribution < -0.4 is 11.3 Å². The SMILES string of the molecule is CCCN=C(CCC1CCCO1)NN. The van der Waals surface area contributed by atoms with E-state index < -0.39 is 0 Å². The summed E-state index contributed by atoms with van der Waals surface area (Å²) in [6, 6.07) is 0. The lowest BCUT2D eigenvalue weighted by molar-refractivity contribution is 0.106. The van der Waals surface area contributed by atoms with Gasteiger partial charge < -0.3 is 10.2 Å². The van der Waals surface area contributed by atoms with Crippen molar-refractivity contribution in [1.82, 2.24) is 5.43 Å². The fourth-order valence-electron chi connectivity index (χ4n) is 1.61. The Hall–Kier alpha value is -0.610. The molecule has 0 bridgehead atoms. The second-order valence-electron chi connectivity index (χ2n) is 3.65. The first-order chi connectivity index (χ1) is 6.86. The molecule has 0 aromatic heterocycles. The van der Waals surface area contributed by atoms with Crippen LogP contribution in [0.3, 0.4) is 0 Å². The van der Waals surface area contributed by atoms with E-state index in [0.29, 0.717) is 6.10 Å². The first-order valence-electron chi connectivity index (χ1n) is 5.48. The number of amidine groups is 1. The fourth-order valence-corrected chi connectivity index (χ4v) is 1.61. The van der Waals surface area contributed by atoms with Crippen LogP contribution in [0.25, 0.3) is 0 Å². The van der Waals surface area contributed by atoms with Gasteiger partial charge in [-0.25, -0.2) is 5.84 Å². The Morgan fingerprint density at radius 3 is 3.07 bits per heavy atom. The van der Waals surface area contributed by atoms with Crippen molar-refractivity contribution in [3.8, 4) is 0 Å². The molecule has 1 aliphatic heterocycles. The molecule has 1 saturated heterocycles. The topological polar surface area (TPSA) is 59.6 Å². The van der Waals surface area contributed by atoms with E-state index in [1.165, 1.54) is 12.8 Å². The summed E-state index contributed by atoms with van der Waals surface area (Å²) in [6.07, 6.45) is 5.81. The number of nitrogens with zero attached hydrogens (tertiary/aromatic N) is 1. The van der Waals surface area contributed by atoms with Crippen LogP contribution in [-0.4, -0.2) is 25.1 Å². The summed E-state index contributed by atoms with van der Waals surface area (Å²) in [6.45, 7) is 3.88. The molecular formula is C10H21N3O. The lowest BCUT2D eigenvalue weighted by Gasteiger charge is -2.10. The molecule has 14 heavy (non-hydrogen) atoms. The van der Waals surface area contributed by atoms with E-state index in [1.807, 2.05) is 0 Å². The van der Waals surface area contributed by atoms with Gasteiger partial charge in [-0.1, -0.05) is 6.92 Å². The van der Waals surface area contributed by atoms with E-state index in [2.05, 4.69) is 17.3 Å². The van der Waals surface area contributed by atoms with Crippen LogP contribution >= 0.6 is 0 Å². The van der Waals surface area contributed by atoms with Crippen LogP contribution in [-0.2, 0) is 4.74 Å². The number of nitrogens with two attached hydrogens (primary N) is 1. The number of ether oxygens (including phenoxy) is 1. The summed E-state index contributed by atoms with van der Waals surface area (Å²) < 4.78 is 5.53. The standard InChI is InChI=1S/C10H21N3O/c1-2-7-12-10(13-11)6-5-9-4-3-8-14-9/h9H,2-8,11H2,1H3,(H,12,13). The van der Waals surface area contributed by atoms with Gasteiger partial charge in [0, 0.05) is 19.6 Å². The summed E-state index contributed by atoms with van der Waals surface area (Å²) >= 11 is 0. The Morgan fingerprint density at radius 2 is 2.50 bits per heavy atom. The zero-order valence-corrected chi connectivity index (χ0v) is 8.96. The molecule has 0 radical (unpaired) electrons. The van der Waals surface area contributed by atoms with Gasteiger partial charge in [-0.05, 0) is 25.7 Å². The Morgan fingerprint density at radius 1 is 1.64 bits per heavy atom. The van der Waals surface area contributed by atoms with Crippen LogP contribution in [0.1, 0.15) is 39.0 Å². The highest BCUT2D eigenvalue weighted by Gasteiger charge is 2.15. The van der Waals surface area contributed by atoms with E-state index in [0.717, 1.165) is 38.2 Å². The quantitative estimate of drug-likeness (QED) is 0.303. The number of hydrogen-bond acceptors (Lipinski definition) is 3. The molecule has 1 unspecified atom stereocenters. The number of nitrogens with one attached hydrogen (secondary N) is 1. The molecule has 0 saturated carbocycles. The minimum absolute atomic E-state index is 0.426. The molecule has 4 nitrogen and oxygen atoms in total. The minimum atomic E-state index is 0.426. The summed E-state index contributed by atoms with van der Waals surface area (Å²) in [7, 11) is 0. The maximum atomic E-state index is 5.53. The van der Waals surface area contributed by atoms with Gasteiger partial charge in [0.05, 0.1) is 6.10 Å². The first-order valence-corrected chi connectivity index (χ1v) is 5.48. The highest BCUT2D eigenvalue weighted by molar-refractivity contribution is 5.81. The normalized spacial score (nSPS) is 22.7. The minimum Gasteiger partial charge on any atom is -0.378 e. The first kappa shape index (κ1) is 11.5. The van der Waals surface area contributed by atoms with Crippen LogP contribution in [0, 0.1) is 0 Å². The second kappa shape index (κ2) is 6.79. The highest BCUT2D eigenvalue weighted by Crippen LogP contribution is 2.16. The maximum absolute atomic E-state index is 5.53. The summed E-state index contributed by atoms with van der Waals surface area (Å²) in [4.78, 5) is 4.35. The predicted octanol–water partition coefficient (Wildman–Crippen LogP) is 1.22. The molecular weight excluding hydrogens is 178 g/mol. The third-order valence-electron chi connectivity index (χ3n) is 2.42. The van der Waals surface area contributed by atoms with Crippen molar-refractivity contribution in [2.24, 2.45) is 10.8 Å². The molecule has 1 heterocycles. The molecule has 1 rings (SSSR count). The third kappa shape index (κ3) is 4.07. The van der Waals surface area contributed by atoms with E-state index >= 15 is 0 Å². The molecule has 0 amide bonds. The van der Waals surface area contributed by atoms with Crippen molar-refractivity contribution in [3.05, 3.63) is 0 Å². The van der Waals surface area contributed by atoms with Gasteiger partial charge in [-0.15, -0.1) is 0 Å². The smallest absolute Gasteiger partial charge is 0.110 e. The molecule has 4 heteroatoms. The number of hydrazine groups is 1. The van der Waals surface area contributed by atoms with Crippen molar-refractivity contribution in [2.45, 2.75) is 45.1 Å². The van der Waals surface area contributed by atoms with Gasteiger partial charge in [0.25, 0.3) is 0 Å². The second-order valence-corrected chi connectivity index (χ2v) is 3.65. The van der Waals surface area contributed by atoms with E-state index in [9.17, 15) is 0 Å². The van der Waals surface area contributed by atoms with Crippen LogP contribution in [0.2, 0.25) is 0 Å². The molecule has 0 aromatic carbocycles. The monoisotopic (exact) mass is 199 g/mol. The molecule has 1 fully saturated rings. The van der Waals surface area contributed by atoms with Gasteiger partial charge in [0.2, 0.25) is 0 Å². The molecule has 1 atom stereocenters. The zero-order valence-electron chi connectivity index (χ0n) is 8.96. The Bertz CT molecular complexity index is 176. The van der Waals surface area contributed by atoms with Gasteiger partial charge in [-0.2, -0.15) is 0 Å². The average Bonchev–Trinajstić information content (AvgIpc) is 2.71. The Balaban J connectivity index is 2.19. The molecule has 1 aliphatic rings. The molecule has 3 N–H and O–H groups in total. The molecule has 82 valence electrons. The lowest BCUT2D eigenvalue weighted by Crippen LogP contribution is -2.31.